The summed E-state index contributed by atoms with van der Waals surface area (Å²) in [6.07, 6.45) is 0. The van der Waals surface area contributed by atoms with Crippen molar-refractivity contribution in [2.75, 3.05) is 47.1 Å². The van der Waals surface area contributed by atoms with Crippen molar-refractivity contribution >= 4 is 0 Å². The van der Waals surface area contributed by atoms with Crippen LogP contribution in [0.25, 0.3) is 0 Å². The van der Waals surface area contributed by atoms with E-state index in [9.17, 15) is 4.39 Å². The maximum Gasteiger partial charge on any atom is 0.124 e. The third kappa shape index (κ3) is 3.16. The van der Waals surface area contributed by atoms with E-state index >= 15 is 0 Å². The number of piperazine rings is 1. The third-order valence-electron chi connectivity index (χ3n) is 3.53. The Bertz CT molecular complexity index is 408. The fourth-order valence-electron chi connectivity index (χ4n) is 2.47. The van der Waals surface area contributed by atoms with Crippen LogP contribution < -0.4 is 14.8 Å². The summed E-state index contributed by atoms with van der Waals surface area (Å²) in [7, 11) is 3.22. The van der Waals surface area contributed by atoms with Gasteiger partial charge in [-0.1, -0.05) is 0 Å². The van der Waals surface area contributed by atoms with Crippen LogP contribution in [0.15, 0.2) is 18.2 Å². The Balaban J connectivity index is 2.29. The molecule has 0 radical (unpaired) electrons. The van der Waals surface area contributed by atoms with Crippen molar-refractivity contribution in [3.05, 3.63) is 23.8 Å². The van der Waals surface area contributed by atoms with E-state index in [1.165, 1.54) is 0 Å². The molecule has 19 heavy (non-hydrogen) atoms. The second-order valence-electron chi connectivity index (χ2n) is 4.56. The zero-order valence-corrected chi connectivity index (χ0v) is 11.5. The van der Waals surface area contributed by atoms with Crippen LogP contribution in [0.1, 0.15) is 11.6 Å². The molecule has 0 unspecified atom stereocenters. The highest BCUT2D eigenvalue weighted by atomic mass is 19.1. The van der Waals surface area contributed by atoms with E-state index in [0.717, 1.165) is 37.5 Å². The van der Waals surface area contributed by atoms with E-state index in [0.29, 0.717) is 5.75 Å². The molecule has 0 aliphatic carbocycles. The SMILES string of the molecule is COc1ccc(OC)c([C@H](CF)N2CCNCC2)c1. The lowest BCUT2D eigenvalue weighted by molar-refractivity contribution is 0.145. The van der Waals surface area contributed by atoms with E-state index in [4.69, 9.17) is 9.47 Å². The van der Waals surface area contributed by atoms with Gasteiger partial charge in [-0.25, -0.2) is 4.39 Å². The van der Waals surface area contributed by atoms with Gasteiger partial charge >= 0.3 is 0 Å². The lowest BCUT2D eigenvalue weighted by Gasteiger charge is -2.34. The van der Waals surface area contributed by atoms with Gasteiger partial charge in [0.05, 0.1) is 20.3 Å². The van der Waals surface area contributed by atoms with Crippen molar-refractivity contribution < 1.29 is 13.9 Å². The first-order valence-electron chi connectivity index (χ1n) is 6.52. The van der Waals surface area contributed by atoms with Crippen LogP contribution in [-0.2, 0) is 0 Å². The molecule has 1 heterocycles. The minimum Gasteiger partial charge on any atom is -0.497 e. The number of nitrogens with zero attached hydrogens (tertiary/aromatic N) is 1. The molecule has 1 aliphatic heterocycles. The minimum absolute atomic E-state index is 0.271. The number of ether oxygens (including phenoxy) is 2. The van der Waals surface area contributed by atoms with Crippen LogP contribution in [0.4, 0.5) is 4.39 Å². The number of alkyl halides is 1. The number of hydrogen-bond acceptors (Lipinski definition) is 4. The van der Waals surface area contributed by atoms with Gasteiger partial charge in [0.1, 0.15) is 18.2 Å². The van der Waals surface area contributed by atoms with Gasteiger partial charge in [-0.2, -0.15) is 0 Å². The molecule has 106 valence electrons. The van der Waals surface area contributed by atoms with Crippen LogP contribution in [0.2, 0.25) is 0 Å². The highest BCUT2D eigenvalue weighted by Crippen LogP contribution is 2.33. The predicted octanol–water partition coefficient (Wildman–Crippen LogP) is 1.62. The number of rotatable bonds is 5. The van der Waals surface area contributed by atoms with Crippen molar-refractivity contribution in [1.29, 1.82) is 0 Å². The summed E-state index contributed by atoms with van der Waals surface area (Å²) < 4.78 is 24.1. The Morgan fingerprint density at radius 3 is 2.58 bits per heavy atom. The van der Waals surface area contributed by atoms with Gasteiger partial charge in [-0.3, -0.25) is 4.90 Å². The van der Waals surface area contributed by atoms with Crippen LogP contribution in [0, 0.1) is 0 Å². The monoisotopic (exact) mass is 268 g/mol. The van der Waals surface area contributed by atoms with Gasteiger partial charge in [0, 0.05) is 31.7 Å². The largest absolute Gasteiger partial charge is 0.497 e. The van der Waals surface area contributed by atoms with Crippen LogP contribution in [0.5, 0.6) is 11.5 Å². The van der Waals surface area contributed by atoms with Gasteiger partial charge in [0.2, 0.25) is 0 Å². The van der Waals surface area contributed by atoms with Crippen molar-refractivity contribution in [2.24, 2.45) is 0 Å². The van der Waals surface area contributed by atoms with Crippen molar-refractivity contribution in [2.45, 2.75) is 6.04 Å². The third-order valence-corrected chi connectivity index (χ3v) is 3.53. The molecule has 0 amide bonds. The first kappa shape index (κ1) is 14.1. The quantitative estimate of drug-likeness (QED) is 0.880. The molecular formula is C14H21FN2O2. The number of hydrogen-bond donors (Lipinski definition) is 1. The number of benzene rings is 1. The maximum absolute atomic E-state index is 13.5. The zero-order valence-electron chi connectivity index (χ0n) is 11.5. The summed E-state index contributed by atoms with van der Waals surface area (Å²) in [6, 6.07) is 5.26. The molecular weight excluding hydrogens is 247 g/mol. The first-order chi connectivity index (χ1) is 9.30. The lowest BCUT2D eigenvalue weighted by atomic mass is 10.0. The molecule has 0 bridgehead atoms. The average Bonchev–Trinajstić information content (AvgIpc) is 2.49. The Labute approximate surface area is 113 Å². The molecule has 1 N–H and O–H groups in total. The fraction of sp³-hybridized carbons (Fsp3) is 0.571. The molecule has 1 aliphatic rings. The predicted molar refractivity (Wildman–Crippen MR) is 72.7 cm³/mol. The fourth-order valence-corrected chi connectivity index (χ4v) is 2.47. The van der Waals surface area contributed by atoms with E-state index < -0.39 is 6.67 Å². The lowest BCUT2D eigenvalue weighted by Crippen LogP contribution is -2.45. The summed E-state index contributed by atoms with van der Waals surface area (Å²) in [5.41, 5.74) is 0.853. The summed E-state index contributed by atoms with van der Waals surface area (Å²) in [6.45, 7) is 3.04. The molecule has 2 rings (SSSR count). The normalized spacial score (nSPS) is 18.1. The van der Waals surface area contributed by atoms with Gasteiger partial charge in [0.25, 0.3) is 0 Å². The van der Waals surface area contributed by atoms with E-state index in [-0.39, 0.29) is 6.04 Å². The van der Waals surface area contributed by atoms with Crippen LogP contribution in [0.3, 0.4) is 0 Å². The standard InChI is InChI=1S/C14H21FN2O2/c1-18-11-3-4-14(19-2)12(9-11)13(10-15)17-7-5-16-6-8-17/h3-4,9,13,16H,5-8,10H2,1-2H3/t13-/m0/s1. The first-order valence-corrected chi connectivity index (χ1v) is 6.52. The summed E-state index contributed by atoms with van der Waals surface area (Å²) in [5.74, 6) is 1.44. The van der Waals surface area contributed by atoms with Gasteiger partial charge in [-0.05, 0) is 18.2 Å². The maximum atomic E-state index is 13.5. The van der Waals surface area contributed by atoms with Crippen LogP contribution in [-0.4, -0.2) is 52.0 Å². The summed E-state index contributed by atoms with van der Waals surface area (Å²) >= 11 is 0. The Kier molecular flexibility index (Phi) is 4.99. The van der Waals surface area contributed by atoms with E-state index in [2.05, 4.69) is 10.2 Å². The summed E-state index contributed by atoms with van der Waals surface area (Å²) in [5, 5.41) is 3.28. The van der Waals surface area contributed by atoms with E-state index in [1.54, 1.807) is 14.2 Å². The Morgan fingerprint density at radius 2 is 2.00 bits per heavy atom. The van der Waals surface area contributed by atoms with Crippen molar-refractivity contribution in [3.63, 3.8) is 0 Å². The molecule has 0 saturated carbocycles. The molecule has 1 aromatic carbocycles. The van der Waals surface area contributed by atoms with E-state index in [1.807, 2.05) is 18.2 Å². The molecule has 1 fully saturated rings. The van der Waals surface area contributed by atoms with Crippen molar-refractivity contribution in [3.8, 4) is 11.5 Å². The van der Waals surface area contributed by atoms with Gasteiger partial charge in [-0.15, -0.1) is 0 Å². The topological polar surface area (TPSA) is 33.7 Å². The molecule has 0 spiro atoms. The van der Waals surface area contributed by atoms with Crippen molar-refractivity contribution in [1.82, 2.24) is 10.2 Å². The Hall–Kier alpha value is -1.33. The average molecular weight is 268 g/mol. The van der Waals surface area contributed by atoms with Gasteiger partial charge < -0.3 is 14.8 Å². The number of methoxy groups -OCH3 is 2. The van der Waals surface area contributed by atoms with Gasteiger partial charge in [0.15, 0.2) is 0 Å². The molecule has 4 nitrogen and oxygen atoms in total. The molecule has 0 aromatic heterocycles. The smallest absolute Gasteiger partial charge is 0.124 e. The van der Waals surface area contributed by atoms with Crippen LogP contribution >= 0.6 is 0 Å². The highest BCUT2D eigenvalue weighted by molar-refractivity contribution is 5.42. The summed E-state index contributed by atoms with van der Waals surface area (Å²) in [4.78, 5) is 2.15. The molecule has 1 atom stereocenters. The molecule has 1 saturated heterocycles. The molecule has 1 aromatic rings. The minimum atomic E-state index is -0.427. The second kappa shape index (κ2) is 6.73. The second-order valence-corrected chi connectivity index (χ2v) is 4.56. The molecule has 5 heteroatoms. The number of halogens is 1. The zero-order chi connectivity index (χ0) is 13.7. The Morgan fingerprint density at radius 1 is 1.26 bits per heavy atom. The number of nitrogens with one attached hydrogen (secondary N) is 1. The highest BCUT2D eigenvalue weighted by Gasteiger charge is 2.25.